The summed E-state index contributed by atoms with van der Waals surface area (Å²) in [7, 11) is 0. The number of aromatic nitrogens is 4. The average molecular weight is 271 g/mol. The molecule has 106 valence electrons. The van der Waals surface area contributed by atoms with Crippen LogP contribution in [0.3, 0.4) is 0 Å². The van der Waals surface area contributed by atoms with E-state index in [2.05, 4.69) is 47.6 Å². The first kappa shape index (κ1) is 13.2. The van der Waals surface area contributed by atoms with Gasteiger partial charge in [0, 0.05) is 0 Å². The quantitative estimate of drug-likeness (QED) is 0.910. The smallest absolute Gasteiger partial charge is 0.176 e. The van der Waals surface area contributed by atoms with Gasteiger partial charge in [0.2, 0.25) is 0 Å². The molecule has 0 atom stereocenters. The predicted octanol–water partition coefficient (Wildman–Crippen LogP) is 2.40. The monoisotopic (exact) mass is 271 g/mol. The fraction of sp³-hybridized carbons (Fsp3) is 0.533. The molecule has 1 saturated carbocycles. The summed E-state index contributed by atoms with van der Waals surface area (Å²) < 4.78 is 1.82. The highest BCUT2D eigenvalue weighted by molar-refractivity contribution is 5.42. The third-order valence-corrected chi connectivity index (χ3v) is 4.24. The largest absolute Gasteiger partial charge is 0.319 e. The van der Waals surface area contributed by atoms with Crippen LogP contribution in [-0.4, -0.2) is 20.2 Å². The summed E-state index contributed by atoms with van der Waals surface area (Å²) in [4.78, 5) is 0. The lowest BCUT2D eigenvalue weighted by atomic mass is 9.82. The van der Waals surface area contributed by atoms with Crippen LogP contribution < -0.4 is 5.73 Å². The van der Waals surface area contributed by atoms with Gasteiger partial charge in [-0.1, -0.05) is 37.0 Å². The number of aryl methyl sites for hydroxylation is 2. The molecule has 1 heterocycles. The Morgan fingerprint density at radius 1 is 1.15 bits per heavy atom. The number of hydrogen-bond acceptors (Lipinski definition) is 4. The van der Waals surface area contributed by atoms with Crippen LogP contribution in [0.5, 0.6) is 0 Å². The minimum absolute atomic E-state index is 0.390. The minimum Gasteiger partial charge on any atom is -0.319 e. The molecule has 3 rings (SSSR count). The van der Waals surface area contributed by atoms with E-state index in [9.17, 15) is 0 Å². The van der Waals surface area contributed by atoms with Crippen LogP contribution >= 0.6 is 0 Å². The highest BCUT2D eigenvalue weighted by Gasteiger charge is 2.35. The highest BCUT2D eigenvalue weighted by Crippen LogP contribution is 2.34. The van der Waals surface area contributed by atoms with Gasteiger partial charge in [0.15, 0.2) is 5.82 Å². The third kappa shape index (κ3) is 2.22. The Kier molecular flexibility index (Phi) is 3.30. The summed E-state index contributed by atoms with van der Waals surface area (Å²) in [6.45, 7) is 4.17. The number of tetrazole rings is 1. The van der Waals surface area contributed by atoms with Crippen molar-refractivity contribution in [1.82, 2.24) is 20.2 Å². The van der Waals surface area contributed by atoms with E-state index in [1.54, 1.807) is 0 Å². The standard InChI is InChI=1S/C15H21N5/c1-11-6-7-13(12(2)10-11)20-14(17-18-19-20)15(16)8-4-3-5-9-15/h6-7,10H,3-5,8-9,16H2,1-2H3. The van der Waals surface area contributed by atoms with Crippen molar-refractivity contribution in [2.24, 2.45) is 5.73 Å². The number of hydrogen-bond donors (Lipinski definition) is 1. The Bertz CT molecular complexity index is 610. The molecule has 0 unspecified atom stereocenters. The Hall–Kier alpha value is -1.75. The first-order valence-corrected chi connectivity index (χ1v) is 7.25. The molecule has 1 aromatic carbocycles. The van der Waals surface area contributed by atoms with Gasteiger partial charge in [-0.25, -0.2) is 0 Å². The normalized spacial score (nSPS) is 18.1. The number of nitrogens with zero attached hydrogens (tertiary/aromatic N) is 4. The van der Waals surface area contributed by atoms with E-state index in [0.717, 1.165) is 42.8 Å². The molecule has 2 aromatic rings. The molecular formula is C15H21N5. The Balaban J connectivity index is 2.05. The van der Waals surface area contributed by atoms with Gasteiger partial charge in [0.05, 0.1) is 11.2 Å². The van der Waals surface area contributed by atoms with Gasteiger partial charge < -0.3 is 5.73 Å². The van der Waals surface area contributed by atoms with Crippen molar-refractivity contribution in [3.8, 4) is 5.69 Å². The second-order valence-corrected chi connectivity index (χ2v) is 5.92. The van der Waals surface area contributed by atoms with Gasteiger partial charge in [-0.2, -0.15) is 4.68 Å². The molecular weight excluding hydrogens is 250 g/mol. The maximum atomic E-state index is 6.58. The molecule has 1 aromatic heterocycles. The van der Waals surface area contributed by atoms with Crippen molar-refractivity contribution >= 4 is 0 Å². The van der Waals surface area contributed by atoms with Crippen molar-refractivity contribution in [2.45, 2.75) is 51.5 Å². The number of benzene rings is 1. The van der Waals surface area contributed by atoms with Crippen LogP contribution in [0.2, 0.25) is 0 Å². The molecule has 0 amide bonds. The molecule has 1 aliphatic carbocycles. The molecule has 0 radical (unpaired) electrons. The summed E-state index contributed by atoms with van der Waals surface area (Å²) in [6, 6.07) is 6.29. The van der Waals surface area contributed by atoms with Crippen molar-refractivity contribution in [1.29, 1.82) is 0 Å². The van der Waals surface area contributed by atoms with E-state index in [4.69, 9.17) is 5.73 Å². The first-order valence-electron chi connectivity index (χ1n) is 7.25. The molecule has 0 saturated heterocycles. The summed E-state index contributed by atoms with van der Waals surface area (Å²) >= 11 is 0. The zero-order valence-electron chi connectivity index (χ0n) is 12.1. The van der Waals surface area contributed by atoms with Crippen molar-refractivity contribution in [3.63, 3.8) is 0 Å². The first-order chi connectivity index (χ1) is 9.60. The van der Waals surface area contributed by atoms with E-state index in [1.165, 1.54) is 12.0 Å². The van der Waals surface area contributed by atoms with E-state index in [1.807, 2.05) is 4.68 Å². The van der Waals surface area contributed by atoms with Crippen LogP contribution in [0.1, 0.15) is 49.1 Å². The molecule has 5 heteroatoms. The van der Waals surface area contributed by atoms with Gasteiger partial charge in [0.1, 0.15) is 0 Å². The molecule has 1 fully saturated rings. The van der Waals surface area contributed by atoms with Crippen LogP contribution in [0.4, 0.5) is 0 Å². The van der Waals surface area contributed by atoms with Gasteiger partial charge >= 0.3 is 0 Å². The van der Waals surface area contributed by atoms with Crippen molar-refractivity contribution < 1.29 is 0 Å². The minimum atomic E-state index is -0.390. The number of nitrogens with two attached hydrogens (primary N) is 1. The topological polar surface area (TPSA) is 69.6 Å². The fourth-order valence-corrected chi connectivity index (χ4v) is 3.11. The summed E-state index contributed by atoms with van der Waals surface area (Å²) in [5.74, 6) is 0.796. The van der Waals surface area contributed by atoms with Crippen LogP contribution in [0.25, 0.3) is 5.69 Å². The van der Waals surface area contributed by atoms with Gasteiger partial charge in [-0.05, 0) is 48.7 Å². The van der Waals surface area contributed by atoms with Gasteiger partial charge in [-0.15, -0.1) is 5.10 Å². The maximum Gasteiger partial charge on any atom is 0.176 e. The molecule has 0 bridgehead atoms. The second kappa shape index (κ2) is 4.98. The summed E-state index contributed by atoms with van der Waals surface area (Å²) in [5, 5.41) is 12.3. The average Bonchev–Trinajstić information content (AvgIpc) is 2.89. The highest BCUT2D eigenvalue weighted by atomic mass is 15.5. The van der Waals surface area contributed by atoms with Crippen LogP contribution in [0.15, 0.2) is 18.2 Å². The SMILES string of the molecule is Cc1ccc(-n2nnnc2C2(N)CCCCC2)c(C)c1. The molecule has 20 heavy (non-hydrogen) atoms. The fourth-order valence-electron chi connectivity index (χ4n) is 3.11. The lowest BCUT2D eigenvalue weighted by Gasteiger charge is -2.32. The molecule has 1 aliphatic rings. The Labute approximate surface area is 119 Å². The lowest BCUT2D eigenvalue weighted by molar-refractivity contribution is 0.282. The van der Waals surface area contributed by atoms with Crippen molar-refractivity contribution in [3.05, 3.63) is 35.2 Å². The van der Waals surface area contributed by atoms with E-state index < -0.39 is 0 Å². The molecule has 0 aliphatic heterocycles. The van der Waals surface area contributed by atoms with Crippen molar-refractivity contribution in [2.75, 3.05) is 0 Å². The molecule has 0 spiro atoms. The Morgan fingerprint density at radius 2 is 1.90 bits per heavy atom. The van der Waals surface area contributed by atoms with Gasteiger partial charge in [0.25, 0.3) is 0 Å². The maximum absolute atomic E-state index is 6.58. The zero-order chi connectivity index (χ0) is 14.2. The number of rotatable bonds is 2. The Morgan fingerprint density at radius 3 is 2.60 bits per heavy atom. The molecule has 2 N–H and O–H groups in total. The van der Waals surface area contributed by atoms with Crippen LogP contribution in [-0.2, 0) is 5.54 Å². The van der Waals surface area contributed by atoms with E-state index >= 15 is 0 Å². The third-order valence-electron chi connectivity index (χ3n) is 4.24. The summed E-state index contributed by atoms with van der Waals surface area (Å²) in [5.41, 5.74) is 9.61. The van der Waals surface area contributed by atoms with E-state index in [-0.39, 0.29) is 5.54 Å². The molecule has 5 nitrogen and oxygen atoms in total. The van der Waals surface area contributed by atoms with Gasteiger partial charge in [-0.3, -0.25) is 0 Å². The van der Waals surface area contributed by atoms with Crippen LogP contribution in [0, 0.1) is 13.8 Å². The van der Waals surface area contributed by atoms with E-state index in [0.29, 0.717) is 0 Å². The second-order valence-electron chi connectivity index (χ2n) is 5.92. The zero-order valence-corrected chi connectivity index (χ0v) is 12.1. The lowest BCUT2D eigenvalue weighted by Crippen LogP contribution is -2.41. The predicted molar refractivity (Wildman–Crippen MR) is 77.6 cm³/mol. The summed E-state index contributed by atoms with van der Waals surface area (Å²) in [6.07, 6.45) is 5.47.